The fourth-order valence-electron chi connectivity index (χ4n) is 2.10. The van der Waals surface area contributed by atoms with Crippen molar-refractivity contribution < 1.29 is 9.90 Å². The molecule has 0 bridgehead atoms. The van der Waals surface area contributed by atoms with Gasteiger partial charge in [0, 0.05) is 18.4 Å². The number of pyridine rings is 1. The minimum Gasteiger partial charge on any atom is -0.478 e. The summed E-state index contributed by atoms with van der Waals surface area (Å²) in [6.07, 6.45) is 0. The van der Waals surface area contributed by atoms with E-state index in [0.29, 0.717) is 5.82 Å². The standard InChI is InChI=1S/C17H20N2O2/c1-11(2)15-9-13(17(20)21)10-16(18-15)19(4)14-7-5-6-12(3)8-14/h5-11H,1-4H3,(H,20,21). The molecule has 0 aliphatic carbocycles. The molecule has 1 heterocycles. The number of nitrogens with zero attached hydrogens (tertiary/aromatic N) is 2. The van der Waals surface area contributed by atoms with Crippen LogP contribution in [-0.4, -0.2) is 23.1 Å². The SMILES string of the molecule is Cc1cccc(N(C)c2cc(C(=O)O)cc(C(C)C)n2)c1. The molecule has 0 radical (unpaired) electrons. The third-order valence-electron chi connectivity index (χ3n) is 3.40. The first-order valence-electron chi connectivity index (χ1n) is 6.94. The van der Waals surface area contributed by atoms with Gasteiger partial charge in [0.25, 0.3) is 0 Å². The summed E-state index contributed by atoms with van der Waals surface area (Å²) in [5.41, 5.74) is 3.19. The normalized spacial score (nSPS) is 10.7. The molecule has 4 nitrogen and oxygen atoms in total. The van der Waals surface area contributed by atoms with Crippen LogP contribution in [0.3, 0.4) is 0 Å². The lowest BCUT2D eigenvalue weighted by Crippen LogP contribution is -2.14. The van der Waals surface area contributed by atoms with Gasteiger partial charge in [-0.1, -0.05) is 26.0 Å². The fourth-order valence-corrected chi connectivity index (χ4v) is 2.10. The van der Waals surface area contributed by atoms with Crippen molar-refractivity contribution in [1.82, 2.24) is 4.98 Å². The Morgan fingerprint density at radius 2 is 1.95 bits per heavy atom. The van der Waals surface area contributed by atoms with E-state index in [2.05, 4.69) is 4.98 Å². The van der Waals surface area contributed by atoms with E-state index in [0.717, 1.165) is 16.9 Å². The Labute approximate surface area is 125 Å². The van der Waals surface area contributed by atoms with Crippen molar-refractivity contribution in [3.05, 3.63) is 53.2 Å². The summed E-state index contributed by atoms with van der Waals surface area (Å²) in [6, 6.07) is 11.3. The smallest absolute Gasteiger partial charge is 0.335 e. The van der Waals surface area contributed by atoms with Crippen molar-refractivity contribution in [3.8, 4) is 0 Å². The van der Waals surface area contributed by atoms with E-state index in [9.17, 15) is 9.90 Å². The Hall–Kier alpha value is -2.36. The van der Waals surface area contributed by atoms with Gasteiger partial charge in [-0.15, -0.1) is 0 Å². The quantitative estimate of drug-likeness (QED) is 0.922. The lowest BCUT2D eigenvalue weighted by atomic mass is 10.1. The summed E-state index contributed by atoms with van der Waals surface area (Å²) in [7, 11) is 1.90. The van der Waals surface area contributed by atoms with Crippen LogP contribution in [-0.2, 0) is 0 Å². The van der Waals surface area contributed by atoms with Gasteiger partial charge in [-0.3, -0.25) is 0 Å². The van der Waals surface area contributed by atoms with Gasteiger partial charge in [-0.25, -0.2) is 9.78 Å². The Morgan fingerprint density at radius 3 is 2.52 bits per heavy atom. The average Bonchev–Trinajstić information content (AvgIpc) is 2.45. The highest BCUT2D eigenvalue weighted by molar-refractivity contribution is 5.89. The average molecular weight is 284 g/mol. The predicted octanol–water partition coefficient (Wildman–Crippen LogP) is 3.98. The summed E-state index contributed by atoms with van der Waals surface area (Å²) in [4.78, 5) is 17.8. The third-order valence-corrected chi connectivity index (χ3v) is 3.40. The molecule has 1 aromatic heterocycles. The molecule has 0 saturated heterocycles. The van der Waals surface area contributed by atoms with Gasteiger partial charge >= 0.3 is 5.97 Å². The topological polar surface area (TPSA) is 53.4 Å². The van der Waals surface area contributed by atoms with Crippen LogP contribution in [0.4, 0.5) is 11.5 Å². The molecule has 0 fully saturated rings. The van der Waals surface area contributed by atoms with Gasteiger partial charge in [0.05, 0.1) is 5.56 Å². The number of hydrogen-bond acceptors (Lipinski definition) is 3. The Kier molecular flexibility index (Phi) is 4.26. The van der Waals surface area contributed by atoms with Gasteiger partial charge in [-0.2, -0.15) is 0 Å². The lowest BCUT2D eigenvalue weighted by Gasteiger charge is -2.20. The maximum Gasteiger partial charge on any atom is 0.335 e. The highest BCUT2D eigenvalue weighted by Gasteiger charge is 2.14. The van der Waals surface area contributed by atoms with E-state index < -0.39 is 5.97 Å². The molecule has 2 aromatic rings. The molecule has 0 aliphatic rings. The van der Waals surface area contributed by atoms with Crippen molar-refractivity contribution in [2.24, 2.45) is 0 Å². The van der Waals surface area contributed by atoms with Crippen LogP contribution in [0.15, 0.2) is 36.4 Å². The van der Waals surface area contributed by atoms with Crippen LogP contribution in [0.25, 0.3) is 0 Å². The van der Waals surface area contributed by atoms with Gasteiger partial charge in [0.2, 0.25) is 0 Å². The molecule has 21 heavy (non-hydrogen) atoms. The maximum atomic E-state index is 11.3. The molecule has 4 heteroatoms. The van der Waals surface area contributed by atoms with E-state index in [-0.39, 0.29) is 11.5 Å². The summed E-state index contributed by atoms with van der Waals surface area (Å²) in [6.45, 7) is 6.03. The van der Waals surface area contributed by atoms with E-state index in [1.54, 1.807) is 12.1 Å². The second-order valence-corrected chi connectivity index (χ2v) is 5.50. The van der Waals surface area contributed by atoms with Gasteiger partial charge < -0.3 is 10.0 Å². The molecule has 0 spiro atoms. The van der Waals surface area contributed by atoms with Crippen molar-refractivity contribution in [2.45, 2.75) is 26.7 Å². The third kappa shape index (κ3) is 3.40. The number of anilines is 2. The molecule has 0 aliphatic heterocycles. The minimum absolute atomic E-state index is 0.175. The molecule has 0 saturated carbocycles. The number of aryl methyl sites for hydroxylation is 1. The molecule has 1 aromatic carbocycles. The summed E-state index contributed by atoms with van der Waals surface area (Å²) >= 11 is 0. The number of hydrogen-bond donors (Lipinski definition) is 1. The van der Waals surface area contributed by atoms with Crippen molar-refractivity contribution in [3.63, 3.8) is 0 Å². The monoisotopic (exact) mass is 284 g/mol. The number of carbonyl (C=O) groups is 1. The minimum atomic E-state index is -0.932. The summed E-state index contributed by atoms with van der Waals surface area (Å²) in [5, 5.41) is 9.27. The molecule has 0 atom stereocenters. The van der Waals surface area contributed by atoms with Crippen LogP contribution < -0.4 is 4.90 Å². The largest absolute Gasteiger partial charge is 0.478 e. The van der Waals surface area contributed by atoms with Gasteiger partial charge in [-0.05, 0) is 42.7 Å². The zero-order chi connectivity index (χ0) is 15.6. The molecule has 1 N–H and O–H groups in total. The zero-order valence-electron chi connectivity index (χ0n) is 12.8. The first kappa shape index (κ1) is 15.0. The molecule has 2 rings (SSSR count). The second kappa shape index (κ2) is 5.95. The van der Waals surface area contributed by atoms with Crippen LogP contribution in [0.1, 0.15) is 41.4 Å². The van der Waals surface area contributed by atoms with E-state index in [4.69, 9.17) is 0 Å². The molecular formula is C17H20N2O2. The van der Waals surface area contributed by atoms with Crippen molar-refractivity contribution >= 4 is 17.5 Å². The van der Waals surface area contributed by atoms with Crippen LogP contribution in [0.2, 0.25) is 0 Å². The van der Waals surface area contributed by atoms with E-state index in [1.807, 2.05) is 57.0 Å². The van der Waals surface area contributed by atoms with Crippen molar-refractivity contribution in [1.29, 1.82) is 0 Å². The Bertz CT molecular complexity index is 666. The Morgan fingerprint density at radius 1 is 1.24 bits per heavy atom. The van der Waals surface area contributed by atoms with Crippen LogP contribution >= 0.6 is 0 Å². The number of carboxylic acid groups (broad SMARTS) is 1. The molecule has 0 unspecified atom stereocenters. The zero-order valence-corrected chi connectivity index (χ0v) is 12.8. The molecular weight excluding hydrogens is 264 g/mol. The summed E-state index contributed by atoms with van der Waals surface area (Å²) < 4.78 is 0. The van der Waals surface area contributed by atoms with Crippen LogP contribution in [0, 0.1) is 6.92 Å². The first-order valence-corrected chi connectivity index (χ1v) is 6.94. The summed E-state index contributed by atoms with van der Waals surface area (Å²) in [5.74, 6) is -0.114. The first-order chi connectivity index (χ1) is 9.88. The number of carboxylic acids is 1. The fraction of sp³-hybridized carbons (Fsp3) is 0.294. The number of aromatic nitrogens is 1. The lowest BCUT2D eigenvalue weighted by molar-refractivity contribution is 0.0696. The van der Waals surface area contributed by atoms with E-state index in [1.165, 1.54) is 0 Å². The van der Waals surface area contributed by atoms with Crippen molar-refractivity contribution in [2.75, 3.05) is 11.9 Å². The van der Waals surface area contributed by atoms with Gasteiger partial charge in [0.1, 0.15) is 5.82 Å². The number of benzene rings is 1. The number of aromatic carboxylic acids is 1. The predicted molar refractivity (Wildman–Crippen MR) is 84.5 cm³/mol. The highest BCUT2D eigenvalue weighted by atomic mass is 16.4. The second-order valence-electron chi connectivity index (χ2n) is 5.50. The maximum absolute atomic E-state index is 11.3. The van der Waals surface area contributed by atoms with Gasteiger partial charge in [0.15, 0.2) is 0 Å². The molecule has 110 valence electrons. The van der Waals surface area contributed by atoms with Crippen LogP contribution in [0.5, 0.6) is 0 Å². The highest BCUT2D eigenvalue weighted by Crippen LogP contribution is 2.26. The molecule has 0 amide bonds. The van der Waals surface area contributed by atoms with E-state index >= 15 is 0 Å². The Balaban J connectivity index is 2.49. The number of rotatable bonds is 4.